The maximum absolute atomic E-state index is 13.1. The van der Waals surface area contributed by atoms with Gasteiger partial charge in [0, 0.05) is 31.3 Å². The van der Waals surface area contributed by atoms with Crippen LogP contribution in [0.15, 0.2) is 18.8 Å². The molecule has 1 rings (SSSR count). The van der Waals surface area contributed by atoms with E-state index in [9.17, 15) is 8.78 Å². The van der Waals surface area contributed by atoms with Gasteiger partial charge in [-0.05, 0) is 18.6 Å². The first-order chi connectivity index (χ1) is 6.86. The predicted molar refractivity (Wildman–Crippen MR) is 58.2 cm³/mol. The lowest BCUT2D eigenvalue weighted by Crippen LogP contribution is -2.13. The Morgan fingerprint density at radius 1 is 1.53 bits per heavy atom. The molecule has 0 aliphatic rings. The molecule has 2 nitrogen and oxygen atoms in total. The molecule has 82 valence electrons. The zero-order valence-corrected chi connectivity index (χ0v) is 9.06. The number of hydrogen-bond donors (Lipinski definition) is 1. The van der Waals surface area contributed by atoms with Crippen molar-refractivity contribution in [1.29, 1.82) is 0 Å². The molecular weight excluding hydrogens is 198 g/mol. The van der Waals surface area contributed by atoms with Crippen LogP contribution < -0.4 is 5.32 Å². The van der Waals surface area contributed by atoms with Gasteiger partial charge in [0.25, 0.3) is 5.92 Å². The third kappa shape index (κ3) is 2.52. The summed E-state index contributed by atoms with van der Waals surface area (Å²) in [6.07, 6.45) is 1.62. The molecule has 1 heterocycles. The summed E-state index contributed by atoms with van der Waals surface area (Å²) in [5.74, 6) is -2.51. The number of rotatable bonds is 3. The lowest BCUT2D eigenvalue weighted by Gasteiger charge is -2.16. The number of alkyl halides is 2. The van der Waals surface area contributed by atoms with Crippen molar-refractivity contribution in [1.82, 2.24) is 4.98 Å². The van der Waals surface area contributed by atoms with E-state index in [-0.39, 0.29) is 5.57 Å². The molecule has 0 fully saturated rings. The number of pyridine rings is 1. The van der Waals surface area contributed by atoms with Gasteiger partial charge in [0.2, 0.25) is 0 Å². The van der Waals surface area contributed by atoms with E-state index in [1.165, 1.54) is 0 Å². The predicted octanol–water partition coefficient (Wildman–Crippen LogP) is 3.10. The maximum Gasteiger partial charge on any atom is 0.270 e. The van der Waals surface area contributed by atoms with E-state index in [0.717, 1.165) is 12.5 Å². The molecule has 0 aromatic carbocycles. The molecule has 0 atom stereocenters. The second-order valence-electron chi connectivity index (χ2n) is 3.53. The third-order valence-electron chi connectivity index (χ3n) is 2.12. The highest BCUT2D eigenvalue weighted by Gasteiger charge is 2.28. The van der Waals surface area contributed by atoms with Crippen LogP contribution in [0.5, 0.6) is 0 Å². The minimum Gasteiger partial charge on any atom is -0.373 e. The van der Waals surface area contributed by atoms with Crippen LogP contribution in [-0.4, -0.2) is 18.0 Å². The maximum atomic E-state index is 13.1. The zero-order valence-electron chi connectivity index (χ0n) is 9.06. The summed E-state index contributed by atoms with van der Waals surface area (Å²) in [7, 11) is 1.64. The molecule has 0 radical (unpaired) electrons. The number of anilines is 1. The summed E-state index contributed by atoms with van der Waals surface area (Å²) in [6, 6.07) is 1.65. The summed E-state index contributed by atoms with van der Waals surface area (Å²) in [4.78, 5) is 4.03. The Morgan fingerprint density at radius 3 is 2.60 bits per heavy atom. The van der Waals surface area contributed by atoms with Crippen molar-refractivity contribution in [3.63, 3.8) is 0 Å². The molecule has 0 spiro atoms. The zero-order chi connectivity index (χ0) is 11.6. The molecule has 15 heavy (non-hydrogen) atoms. The summed E-state index contributed by atoms with van der Waals surface area (Å²) in [6.45, 7) is 6.05. The molecular formula is C11H14F2N2. The van der Waals surface area contributed by atoms with Crippen molar-refractivity contribution in [2.75, 3.05) is 12.4 Å². The van der Waals surface area contributed by atoms with Crippen molar-refractivity contribution in [2.24, 2.45) is 0 Å². The summed E-state index contributed by atoms with van der Waals surface area (Å²) in [5.41, 5.74) is 0.974. The molecule has 1 N–H and O–H groups in total. The Balaban J connectivity index is 3.23. The number of allylic oxidation sites excluding steroid dienone is 1. The topological polar surface area (TPSA) is 24.9 Å². The van der Waals surface area contributed by atoms with E-state index in [1.54, 1.807) is 26.2 Å². The standard InChI is InChI=1S/C11H14F2N2/c1-7-5-9(8(2)11(3,12)13)10(14-4)15-6-7/h5-6H,2H2,1,3-4H3,(H,14,15). The first-order valence-electron chi connectivity index (χ1n) is 4.58. The van der Waals surface area contributed by atoms with Crippen LogP contribution in [0.4, 0.5) is 14.6 Å². The Bertz CT molecular complexity index is 381. The van der Waals surface area contributed by atoms with Crippen molar-refractivity contribution < 1.29 is 8.78 Å². The molecule has 0 saturated heterocycles. The minimum absolute atomic E-state index is 0.219. The lowest BCUT2D eigenvalue weighted by atomic mass is 10.0. The summed E-state index contributed by atoms with van der Waals surface area (Å²) < 4.78 is 26.2. The van der Waals surface area contributed by atoms with Gasteiger partial charge in [0.05, 0.1) is 0 Å². The van der Waals surface area contributed by atoms with Gasteiger partial charge >= 0.3 is 0 Å². The van der Waals surface area contributed by atoms with Crippen LogP contribution >= 0.6 is 0 Å². The van der Waals surface area contributed by atoms with E-state index < -0.39 is 5.92 Å². The van der Waals surface area contributed by atoms with Crippen LogP contribution in [0.2, 0.25) is 0 Å². The van der Waals surface area contributed by atoms with Crippen LogP contribution in [0, 0.1) is 6.92 Å². The van der Waals surface area contributed by atoms with Gasteiger partial charge in [-0.1, -0.05) is 6.58 Å². The smallest absolute Gasteiger partial charge is 0.270 e. The van der Waals surface area contributed by atoms with Crippen molar-refractivity contribution in [3.05, 3.63) is 30.0 Å². The van der Waals surface area contributed by atoms with Gasteiger partial charge in [-0.3, -0.25) is 0 Å². The molecule has 1 aromatic heterocycles. The molecule has 0 saturated carbocycles. The van der Waals surface area contributed by atoms with Crippen molar-refractivity contribution in [3.8, 4) is 0 Å². The van der Waals surface area contributed by atoms with E-state index >= 15 is 0 Å². The van der Waals surface area contributed by atoms with Gasteiger partial charge in [-0.2, -0.15) is 0 Å². The molecule has 0 amide bonds. The summed E-state index contributed by atoms with van der Waals surface area (Å²) >= 11 is 0. The van der Waals surface area contributed by atoms with Gasteiger partial charge in [-0.25, -0.2) is 13.8 Å². The van der Waals surface area contributed by atoms with Gasteiger partial charge < -0.3 is 5.32 Å². The van der Waals surface area contributed by atoms with Crippen LogP contribution in [0.3, 0.4) is 0 Å². The number of hydrogen-bond acceptors (Lipinski definition) is 2. The molecule has 0 bridgehead atoms. The van der Waals surface area contributed by atoms with Gasteiger partial charge in [-0.15, -0.1) is 0 Å². The normalized spacial score (nSPS) is 11.3. The second kappa shape index (κ2) is 3.96. The molecule has 0 aliphatic carbocycles. The second-order valence-corrected chi connectivity index (χ2v) is 3.53. The fraction of sp³-hybridized carbons (Fsp3) is 0.364. The highest BCUT2D eigenvalue weighted by atomic mass is 19.3. The van der Waals surface area contributed by atoms with E-state index in [2.05, 4.69) is 16.9 Å². The molecule has 4 heteroatoms. The summed E-state index contributed by atoms with van der Waals surface area (Å²) in [5, 5.41) is 2.77. The number of aryl methyl sites for hydroxylation is 1. The van der Waals surface area contributed by atoms with E-state index in [4.69, 9.17) is 0 Å². The first-order valence-corrected chi connectivity index (χ1v) is 4.58. The SMILES string of the molecule is C=C(c1cc(C)cnc1NC)C(C)(F)F. The Hall–Kier alpha value is -1.45. The van der Waals surface area contributed by atoms with Crippen molar-refractivity contribution in [2.45, 2.75) is 19.8 Å². The molecule has 1 aromatic rings. The highest BCUT2D eigenvalue weighted by molar-refractivity contribution is 5.76. The van der Waals surface area contributed by atoms with Gasteiger partial charge in [0.1, 0.15) is 5.82 Å². The van der Waals surface area contributed by atoms with Crippen LogP contribution in [0.1, 0.15) is 18.1 Å². The Kier molecular flexibility index (Phi) is 3.07. The van der Waals surface area contributed by atoms with Crippen LogP contribution in [0.25, 0.3) is 5.57 Å². The quantitative estimate of drug-likeness (QED) is 0.832. The minimum atomic E-state index is -2.93. The third-order valence-corrected chi connectivity index (χ3v) is 2.12. The highest BCUT2D eigenvalue weighted by Crippen LogP contribution is 2.33. The van der Waals surface area contributed by atoms with E-state index in [1.807, 2.05) is 0 Å². The van der Waals surface area contributed by atoms with Crippen LogP contribution in [-0.2, 0) is 0 Å². The fourth-order valence-electron chi connectivity index (χ4n) is 1.23. The number of nitrogens with zero attached hydrogens (tertiary/aromatic N) is 1. The average Bonchev–Trinajstić information content (AvgIpc) is 2.15. The average molecular weight is 212 g/mol. The molecule has 0 aliphatic heterocycles. The largest absolute Gasteiger partial charge is 0.373 e. The molecule has 0 unspecified atom stereocenters. The van der Waals surface area contributed by atoms with Gasteiger partial charge in [0.15, 0.2) is 0 Å². The Morgan fingerprint density at radius 2 is 2.13 bits per heavy atom. The Labute approximate surface area is 88.0 Å². The van der Waals surface area contributed by atoms with Crippen molar-refractivity contribution >= 4 is 11.4 Å². The van der Waals surface area contributed by atoms with E-state index in [0.29, 0.717) is 11.4 Å². The fourth-order valence-corrected chi connectivity index (χ4v) is 1.23. The lowest BCUT2D eigenvalue weighted by molar-refractivity contribution is 0.0896. The number of halogens is 2. The monoisotopic (exact) mass is 212 g/mol. The number of aromatic nitrogens is 1. The number of nitrogens with one attached hydrogen (secondary N) is 1. The first kappa shape index (κ1) is 11.6.